The molecule has 1 heterocycles. The van der Waals surface area contributed by atoms with Crippen LogP contribution in [0.3, 0.4) is 0 Å². The van der Waals surface area contributed by atoms with Crippen LogP contribution in [0.4, 0.5) is 0 Å². The van der Waals surface area contributed by atoms with E-state index in [2.05, 4.69) is 32.0 Å². The minimum atomic E-state index is 0.121. The number of ether oxygens (including phenoxy) is 1. The SMILES string of the molecule is CC1(C)CCCC1C(N)c1cccc2c1OCC2. The molecule has 2 N–H and O–H groups in total. The van der Waals surface area contributed by atoms with Gasteiger partial charge < -0.3 is 10.5 Å². The summed E-state index contributed by atoms with van der Waals surface area (Å²) in [6.45, 7) is 5.52. The number of hydrogen-bond donors (Lipinski definition) is 1. The van der Waals surface area contributed by atoms with Crippen LogP contribution in [-0.2, 0) is 6.42 Å². The zero-order valence-corrected chi connectivity index (χ0v) is 11.4. The van der Waals surface area contributed by atoms with E-state index in [-0.39, 0.29) is 6.04 Å². The molecule has 1 fully saturated rings. The lowest BCUT2D eigenvalue weighted by atomic mass is 9.75. The van der Waals surface area contributed by atoms with Gasteiger partial charge >= 0.3 is 0 Å². The maximum absolute atomic E-state index is 6.57. The quantitative estimate of drug-likeness (QED) is 0.866. The van der Waals surface area contributed by atoms with E-state index < -0.39 is 0 Å². The predicted molar refractivity (Wildman–Crippen MR) is 73.7 cm³/mol. The van der Waals surface area contributed by atoms with Crippen LogP contribution in [-0.4, -0.2) is 6.61 Å². The van der Waals surface area contributed by atoms with E-state index >= 15 is 0 Å². The standard InChI is InChI=1S/C16H23NO/c1-16(2)9-4-7-13(16)14(17)12-6-3-5-11-8-10-18-15(11)12/h3,5-6,13-14H,4,7-10,17H2,1-2H3. The van der Waals surface area contributed by atoms with Crippen LogP contribution in [0, 0.1) is 11.3 Å². The lowest BCUT2D eigenvalue weighted by molar-refractivity contribution is 0.219. The van der Waals surface area contributed by atoms with Crippen molar-refractivity contribution in [1.82, 2.24) is 0 Å². The molecule has 3 rings (SSSR count). The number of nitrogens with two attached hydrogens (primary N) is 1. The molecule has 2 unspecified atom stereocenters. The van der Waals surface area contributed by atoms with Crippen molar-refractivity contribution in [2.24, 2.45) is 17.1 Å². The lowest BCUT2D eigenvalue weighted by Crippen LogP contribution is -2.29. The van der Waals surface area contributed by atoms with Gasteiger partial charge in [0.1, 0.15) is 5.75 Å². The highest BCUT2D eigenvalue weighted by Gasteiger charge is 2.39. The fourth-order valence-corrected chi connectivity index (χ4v) is 3.74. The minimum Gasteiger partial charge on any atom is -0.493 e. The van der Waals surface area contributed by atoms with Gasteiger partial charge in [-0.1, -0.05) is 38.5 Å². The van der Waals surface area contributed by atoms with Gasteiger partial charge in [0.25, 0.3) is 0 Å². The fraction of sp³-hybridized carbons (Fsp3) is 0.625. The number of rotatable bonds is 2. The molecule has 0 bridgehead atoms. The molecular weight excluding hydrogens is 222 g/mol. The summed E-state index contributed by atoms with van der Waals surface area (Å²) in [5.74, 6) is 1.65. The van der Waals surface area contributed by atoms with Gasteiger partial charge in [0.15, 0.2) is 0 Å². The Kier molecular flexibility index (Phi) is 2.86. The molecule has 0 radical (unpaired) electrons. The first kappa shape index (κ1) is 12.0. The second kappa shape index (κ2) is 4.27. The van der Waals surface area contributed by atoms with E-state index in [0.717, 1.165) is 18.8 Å². The summed E-state index contributed by atoms with van der Waals surface area (Å²) < 4.78 is 5.80. The molecule has 1 aromatic carbocycles. The Morgan fingerprint density at radius 3 is 2.94 bits per heavy atom. The fourth-order valence-electron chi connectivity index (χ4n) is 3.74. The zero-order chi connectivity index (χ0) is 12.8. The highest BCUT2D eigenvalue weighted by atomic mass is 16.5. The Hall–Kier alpha value is -1.02. The molecule has 18 heavy (non-hydrogen) atoms. The Morgan fingerprint density at radius 2 is 2.22 bits per heavy atom. The highest BCUT2D eigenvalue weighted by Crippen LogP contribution is 2.49. The van der Waals surface area contributed by atoms with Crippen LogP contribution >= 0.6 is 0 Å². The van der Waals surface area contributed by atoms with E-state index in [0.29, 0.717) is 11.3 Å². The number of benzene rings is 1. The van der Waals surface area contributed by atoms with Crippen molar-refractivity contribution in [2.75, 3.05) is 6.61 Å². The Bertz CT molecular complexity index is 452. The summed E-state index contributed by atoms with van der Waals surface area (Å²) in [6, 6.07) is 6.57. The second-order valence-electron chi connectivity index (χ2n) is 6.45. The molecule has 1 aliphatic carbocycles. The molecular formula is C16H23NO. The van der Waals surface area contributed by atoms with Gasteiger partial charge in [0.2, 0.25) is 0 Å². The largest absolute Gasteiger partial charge is 0.493 e. The van der Waals surface area contributed by atoms with Crippen LogP contribution in [0.5, 0.6) is 5.75 Å². The second-order valence-corrected chi connectivity index (χ2v) is 6.45. The van der Waals surface area contributed by atoms with Crippen molar-refractivity contribution in [3.05, 3.63) is 29.3 Å². The van der Waals surface area contributed by atoms with Crippen molar-refractivity contribution in [3.8, 4) is 5.75 Å². The van der Waals surface area contributed by atoms with Gasteiger partial charge in [0.05, 0.1) is 6.61 Å². The van der Waals surface area contributed by atoms with Crippen LogP contribution < -0.4 is 10.5 Å². The van der Waals surface area contributed by atoms with Crippen molar-refractivity contribution in [1.29, 1.82) is 0 Å². The molecule has 2 atom stereocenters. The van der Waals surface area contributed by atoms with E-state index in [4.69, 9.17) is 10.5 Å². The summed E-state index contributed by atoms with van der Waals surface area (Å²) in [4.78, 5) is 0. The molecule has 0 aromatic heterocycles. The minimum absolute atomic E-state index is 0.121. The first-order valence-electron chi connectivity index (χ1n) is 7.10. The maximum Gasteiger partial charge on any atom is 0.127 e. The van der Waals surface area contributed by atoms with Crippen molar-refractivity contribution in [2.45, 2.75) is 45.6 Å². The third kappa shape index (κ3) is 1.83. The van der Waals surface area contributed by atoms with Crippen LogP contribution in [0.2, 0.25) is 0 Å². The highest BCUT2D eigenvalue weighted by molar-refractivity contribution is 5.45. The van der Waals surface area contributed by atoms with Crippen LogP contribution in [0.1, 0.15) is 50.3 Å². The Morgan fingerprint density at radius 1 is 1.39 bits per heavy atom. The molecule has 2 nitrogen and oxygen atoms in total. The third-order valence-corrected chi connectivity index (χ3v) is 4.88. The number of para-hydroxylation sites is 1. The summed E-state index contributed by atoms with van der Waals surface area (Å²) in [7, 11) is 0. The van der Waals surface area contributed by atoms with Crippen molar-refractivity contribution in [3.63, 3.8) is 0 Å². The van der Waals surface area contributed by atoms with Crippen molar-refractivity contribution < 1.29 is 4.74 Å². The molecule has 0 spiro atoms. The summed E-state index contributed by atoms with van der Waals surface area (Å²) in [6.07, 6.45) is 4.88. The lowest BCUT2D eigenvalue weighted by Gasteiger charge is -2.32. The number of hydrogen-bond acceptors (Lipinski definition) is 2. The first-order chi connectivity index (χ1) is 8.59. The topological polar surface area (TPSA) is 35.2 Å². The maximum atomic E-state index is 6.57. The molecule has 0 amide bonds. The zero-order valence-electron chi connectivity index (χ0n) is 11.4. The molecule has 1 aromatic rings. The molecule has 2 aliphatic rings. The molecule has 2 heteroatoms. The molecule has 0 saturated heterocycles. The monoisotopic (exact) mass is 245 g/mol. The molecule has 98 valence electrons. The van der Waals surface area contributed by atoms with Gasteiger partial charge in [-0.2, -0.15) is 0 Å². The molecule has 1 saturated carbocycles. The van der Waals surface area contributed by atoms with Gasteiger partial charge in [-0.05, 0) is 29.7 Å². The van der Waals surface area contributed by atoms with Crippen LogP contribution in [0.25, 0.3) is 0 Å². The smallest absolute Gasteiger partial charge is 0.127 e. The molecule has 1 aliphatic heterocycles. The third-order valence-electron chi connectivity index (χ3n) is 4.88. The summed E-state index contributed by atoms with van der Waals surface area (Å²) >= 11 is 0. The van der Waals surface area contributed by atoms with Gasteiger partial charge in [-0.25, -0.2) is 0 Å². The van der Waals surface area contributed by atoms with Crippen LogP contribution in [0.15, 0.2) is 18.2 Å². The summed E-state index contributed by atoms with van der Waals surface area (Å²) in [5.41, 5.74) is 9.49. The van der Waals surface area contributed by atoms with Gasteiger partial charge in [-0.15, -0.1) is 0 Å². The van der Waals surface area contributed by atoms with E-state index in [1.54, 1.807) is 0 Å². The normalized spacial score (nSPS) is 26.7. The number of fused-ring (bicyclic) bond motifs is 1. The average molecular weight is 245 g/mol. The first-order valence-corrected chi connectivity index (χ1v) is 7.10. The Labute approximate surface area is 110 Å². The van der Waals surface area contributed by atoms with Gasteiger partial charge in [0, 0.05) is 18.0 Å². The van der Waals surface area contributed by atoms with E-state index in [1.807, 2.05) is 0 Å². The summed E-state index contributed by atoms with van der Waals surface area (Å²) in [5, 5.41) is 0. The Balaban J connectivity index is 1.93. The van der Waals surface area contributed by atoms with Gasteiger partial charge in [-0.3, -0.25) is 0 Å². The predicted octanol–water partition coefficient (Wildman–Crippen LogP) is 3.45. The van der Waals surface area contributed by atoms with Crippen molar-refractivity contribution >= 4 is 0 Å². The van der Waals surface area contributed by atoms with E-state index in [1.165, 1.54) is 30.4 Å². The van der Waals surface area contributed by atoms with E-state index in [9.17, 15) is 0 Å². The average Bonchev–Trinajstić information content (AvgIpc) is 2.93.